The quantitative estimate of drug-likeness (QED) is 0.458. The van der Waals surface area contributed by atoms with E-state index in [1.165, 1.54) is 0 Å². The largest absolute Gasteiger partial charge is 0.481 e. The maximum Gasteiger partial charge on any atom is 0.303 e. The summed E-state index contributed by atoms with van der Waals surface area (Å²) >= 11 is 4.00. The van der Waals surface area contributed by atoms with E-state index in [9.17, 15) is 4.79 Å². The van der Waals surface area contributed by atoms with E-state index in [0.29, 0.717) is 6.42 Å². The standard InChI is InChI=1S/C6H12O2S/c7-6(8)4-2-1-3-5-9/h9H,1-5H2,(H,7,8). The highest BCUT2D eigenvalue weighted by Gasteiger charge is 1.94. The van der Waals surface area contributed by atoms with Crippen LogP contribution in [-0.2, 0) is 4.79 Å². The van der Waals surface area contributed by atoms with Crippen LogP contribution in [0.2, 0.25) is 0 Å². The summed E-state index contributed by atoms with van der Waals surface area (Å²) < 4.78 is 0. The molecule has 54 valence electrons. The molecule has 0 aliphatic carbocycles. The zero-order chi connectivity index (χ0) is 7.11. The van der Waals surface area contributed by atoms with Gasteiger partial charge in [-0.2, -0.15) is 12.6 Å². The molecule has 1 N–H and O–H groups in total. The van der Waals surface area contributed by atoms with Crippen molar-refractivity contribution in [2.24, 2.45) is 0 Å². The van der Waals surface area contributed by atoms with Gasteiger partial charge in [0.1, 0.15) is 0 Å². The van der Waals surface area contributed by atoms with Crippen molar-refractivity contribution < 1.29 is 9.90 Å². The van der Waals surface area contributed by atoms with Crippen molar-refractivity contribution >= 4 is 18.6 Å². The first-order valence-electron chi connectivity index (χ1n) is 3.10. The highest BCUT2D eigenvalue weighted by Crippen LogP contribution is 1.99. The lowest BCUT2D eigenvalue weighted by Gasteiger charge is -1.92. The molecule has 0 radical (unpaired) electrons. The average Bonchev–Trinajstić information content (AvgIpc) is 1.80. The Hall–Kier alpha value is -0.180. The van der Waals surface area contributed by atoms with Crippen molar-refractivity contribution in [1.29, 1.82) is 0 Å². The zero-order valence-electron chi connectivity index (χ0n) is 5.34. The van der Waals surface area contributed by atoms with Crippen molar-refractivity contribution in [3.63, 3.8) is 0 Å². The van der Waals surface area contributed by atoms with Gasteiger partial charge in [0.25, 0.3) is 0 Å². The predicted molar refractivity (Wildman–Crippen MR) is 40.0 cm³/mol. The number of unbranched alkanes of at least 4 members (excludes halogenated alkanes) is 2. The minimum Gasteiger partial charge on any atom is -0.481 e. The lowest BCUT2D eigenvalue weighted by atomic mass is 10.2. The third-order valence-corrected chi connectivity index (χ3v) is 1.36. The molecule has 0 aromatic carbocycles. The highest BCUT2D eigenvalue weighted by atomic mass is 32.1. The SMILES string of the molecule is O=C(O)CCCCCS. The molecule has 0 amide bonds. The molecule has 0 saturated carbocycles. The topological polar surface area (TPSA) is 37.3 Å². The van der Waals surface area contributed by atoms with Crippen LogP contribution in [0.1, 0.15) is 25.7 Å². The van der Waals surface area contributed by atoms with Crippen LogP contribution in [0.5, 0.6) is 0 Å². The Morgan fingerprint density at radius 3 is 2.44 bits per heavy atom. The third kappa shape index (κ3) is 7.82. The molecule has 0 heterocycles. The van der Waals surface area contributed by atoms with E-state index in [4.69, 9.17) is 5.11 Å². The van der Waals surface area contributed by atoms with Crippen LogP contribution in [0, 0.1) is 0 Å². The first-order chi connectivity index (χ1) is 4.27. The molecular weight excluding hydrogens is 136 g/mol. The van der Waals surface area contributed by atoms with E-state index < -0.39 is 5.97 Å². The molecule has 0 fully saturated rings. The normalized spacial score (nSPS) is 9.44. The fraction of sp³-hybridized carbons (Fsp3) is 0.833. The number of carbonyl (C=O) groups is 1. The Bertz CT molecular complexity index is 83.1. The summed E-state index contributed by atoms with van der Waals surface area (Å²) in [6.45, 7) is 0. The van der Waals surface area contributed by atoms with E-state index in [1.807, 2.05) is 0 Å². The molecule has 9 heavy (non-hydrogen) atoms. The van der Waals surface area contributed by atoms with E-state index in [-0.39, 0.29) is 0 Å². The molecule has 2 nitrogen and oxygen atoms in total. The molecule has 3 heteroatoms. The van der Waals surface area contributed by atoms with Crippen molar-refractivity contribution in [2.75, 3.05) is 5.75 Å². The van der Waals surface area contributed by atoms with Gasteiger partial charge in [-0.1, -0.05) is 6.42 Å². The second-order valence-electron chi connectivity index (χ2n) is 1.93. The highest BCUT2D eigenvalue weighted by molar-refractivity contribution is 7.80. The minimum absolute atomic E-state index is 0.299. The van der Waals surface area contributed by atoms with Crippen LogP contribution >= 0.6 is 12.6 Å². The van der Waals surface area contributed by atoms with Crippen LogP contribution in [-0.4, -0.2) is 16.8 Å². The van der Waals surface area contributed by atoms with E-state index in [0.717, 1.165) is 25.0 Å². The van der Waals surface area contributed by atoms with Crippen LogP contribution in [0.3, 0.4) is 0 Å². The number of thiol groups is 1. The fourth-order valence-corrected chi connectivity index (χ4v) is 0.788. The molecular formula is C6H12O2S. The van der Waals surface area contributed by atoms with Gasteiger partial charge in [-0.15, -0.1) is 0 Å². The van der Waals surface area contributed by atoms with Gasteiger partial charge in [0, 0.05) is 6.42 Å². The smallest absolute Gasteiger partial charge is 0.303 e. The van der Waals surface area contributed by atoms with E-state index in [1.54, 1.807) is 0 Å². The second kappa shape index (κ2) is 5.95. The zero-order valence-corrected chi connectivity index (χ0v) is 6.23. The number of carboxylic acids is 1. The summed E-state index contributed by atoms with van der Waals surface area (Å²) in [5, 5.41) is 8.19. The molecule has 0 unspecified atom stereocenters. The monoisotopic (exact) mass is 148 g/mol. The number of hydrogen-bond donors (Lipinski definition) is 2. The Kier molecular flexibility index (Phi) is 5.83. The van der Waals surface area contributed by atoms with Gasteiger partial charge in [0.2, 0.25) is 0 Å². The van der Waals surface area contributed by atoms with Crippen molar-refractivity contribution in [3.8, 4) is 0 Å². The number of rotatable bonds is 5. The van der Waals surface area contributed by atoms with Gasteiger partial charge in [0.15, 0.2) is 0 Å². The minimum atomic E-state index is -0.700. The summed E-state index contributed by atoms with van der Waals surface area (Å²) in [7, 11) is 0. The Morgan fingerprint density at radius 2 is 2.00 bits per heavy atom. The molecule has 0 rings (SSSR count). The van der Waals surface area contributed by atoms with Crippen molar-refractivity contribution in [3.05, 3.63) is 0 Å². The van der Waals surface area contributed by atoms with Gasteiger partial charge in [-0.25, -0.2) is 0 Å². The molecule has 0 aromatic rings. The molecule has 0 saturated heterocycles. The molecule has 0 aliphatic heterocycles. The lowest BCUT2D eigenvalue weighted by Crippen LogP contribution is -1.93. The Labute approximate surface area is 60.7 Å². The predicted octanol–water partition coefficient (Wildman–Crippen LogP) is 1.56. The maximum absolute atomic E-state index is 9.94. The second-order valence-corrected chi connectivity index (χ2v) is 2.38. The third-order valence-electron chi connectivity index (χ3n) is 1.05. The summed E-state index contributed by atoms with van der Waals surface area (Å²) in [6, 6.07) is 0. The molecule has 0 aromatic heterocycles. The van der Waals surface area contributed by atoms with Gasteiger partial charge in [0.05, 0.1) is 0 Å². The molecule has 0 spiro atoms. The van der Waals surface area contributed by atoms with Crippen LogP contribution in [0.4, 0.5) is 0 Å². The van der Waals surface area contributed by atoms with Gasteiger partial charge in [-0.05, 0) is 18.6 Å². The fourth-order valence-electron chi connectivity index (χ4n) is 0.565. The summed E-state index contributed by atoms with van der Waals surface area (Å²) in [5.41, 5.74) is 0. The maximum atomic E-state index is 9.94. The van der Waals surface area contributed by atoms with Crippen LogP contribution in [0.25, 0.3) is 0 Å². The Morgan fingerprint density at radius 1 is 1.33 bits per heavy atom. The summed E-state index contributed by atoms with van der Waals surface area (Å²) in [5.74, 6) is 0.161. The van der Waals surface area contributed by atoms with Crippen LogP contribution < -0.4 is 0 Å². The first kappa shape index (κ1) is 8.82. The number of aliphatic carboxylic acids is 1. The van der Waals surface area contributed by atoms with Gasteiger partial charge in [-0.3, -0.25) is 4.79 Å². The van der Waals surface area contributed by atoms with Crippen molar-refractivity contribution in [1.82, 2.24) is 0 Å². The van der Waals surface area contributed by atoms with Gasteiger partial charge >= 0.3 is 5.97 Å². The number of carboxylic acid groups (broad SMARTS) is 1. The van der Waals surface area contributed by atoms with E-state index in [2.05, 4.69) is 12.6 Å². The van der Waals surface area contributed by atoms with Gasteiger partial charge < -0.3 is 5.11 Å². The average molecular weight is 148 g/mol. The van der Waals surface area contributed by atoms with Crippen LogP contribution in [0.15, 0.2) is 0 Å². The molecule has 0 bridgehead atoms. The lowest BCUT2D eigenvalue weighted by molar-refractivity contribution is -0.137. The van der Waals surface area contributed by atoms with E-state index >= 15 is 0 Å². The summed E-state index contributed by atoms with van der Waals surface area (Å²) in [6.07, 6.45) is 3.09. The molecule has 0 aliphatic rings. The molecule has 0 atom stereocenters. The summed E-state index contributed by atoms with van der Waals surface area (Å²) in [4.78, 5) is 9.94. The number of hydrogen-bond acceptors (Lipinski definition) is 2. The van der Waals surface area contributed by atoms with Crippen molar-refractivity contribution in [2.45, 2.75) is 25.7 Å². The first-order valence-corrected chi connectivity index (χ1v) is 3.73. The Balaban J connectivity index is 2.83.